The summed E-state index contributed by atoms with van der Waals surface area (Å²) in [6.45, 7) is 5.79. The molecule has 0 fully saturated rings. The molecular formula is C21H22BrNO3. The van der Waals surface area contributed by atoms with Crippen LogP contribution in [0, 0.1) is 0 Å². The summed E-state index contributed by atoms with van der Waals surface area (Å²) in [5.41, 5.74) is 2.78. The highest BCUT2D eigenvalue weighted by molar-refractivity contribution is 9.10. The fourth-order valence-electron chi connectivity index (χ4n) is 2.20. The Morgan fingerprint density at radius 1 is 1.00 bits per heavy atom. The highest BCUT2D eigenvalue weighted by atomic mass is 79.9. The second kappa shape index (κ2) is 9.34. The maximum atomic E-state index is 12.1. The van der Waals surface area contributed by atoms with Crippen molar-refractivity contribution in [3.05, 3.63) is 70.2 Å². The van der Waals surface area contributed by atoms with Gasteiger partial charge in [-0.25, -0.2) is 4.79 Å². The van der Waals surface area contributed by atoms with Crippen LogP contribution in [0.25, 0.3) is 6.08 Å². The van der Waals surface area contributed by atoms with Gasteiger partial charge in [0.25, 0.3) is 5.91 Å². The van der Waals surface area contributed by atoms with Crippen molar-refractivity contribution in [2.24, 2.45) is 0 Å². The van der Waals surface area contributed by atoms with Crippen LogP contribution in [0.5, 0.6) is 0 Å². The number of carbonyl (C=O) groups excluding carboxylic acids is 2. The van der Waals surface area contributed by atoms with Gasteiger partial charge in [-0.3, -0.25) is 4.79 Å². The number of esters is 1. The Balaban J connectivity index is 1.87. The van der Waals surface area contributed by atoms with Gasteiger partial charge in [-0.05, 0) is 54.3 Å². The predicted octanol–water partition coefficient (Wildman–Crippen LogP) is 5.16. The molecule has 0 saturated carbocycles. The fourth-order valence-corrected chi connectivity index (χ4v) is 2.46. The van der Waals surface area contributed by atoms with Crippen LogP contribution in [0.3, 0.4) is 0 Å². The summed E-state index contributed by atoms with van der Waals surface area (Å²) in [7, 11) is 0. The number of amides is 1. The van der Waals surface area contributed by atoms with Crippen LogP contribution in [-0.4, -0.2) is 18.0 Å². The van der Waals surface area contributed by atoms with Crippen LogP contribution >= 0.6 is 15.9 Å². The molecule has 0 radical (unpaired) electrons. The molecular weight excluding hydrogens is 394 g/mol. The third-order valence-corrected chi connectivity index (χ3v) is 4.32. The first-order valence-electron chi connectivity index (χ1n) is 8.40. The Labute approximate surface area is 162 Å². The number of rotatable bonds is 6. The lowest BCUT2D eigenvalue weighted by atomic mass is 10.0. The zero-order chi connectivity index (χ0) is 19.1. The summed E-state index contributed by atoms with van der Waals surface area (Å²) in [6.07, 6.45) is 2.11. The average molecular weight is 416 g/mol. The zero-order valence-electron chi connectivity index (χ0n) is 15.0. The van der Waals surface area contributed by atoms with E-state index in [1.807, 2.05) is 36.4 Å². The molecule has 26 heavy (non-hydrogen) atoms. The molecule has 0 aliphatic heterocycles. The summed E-state index contributed by atoms with van der Waals surface area (Å²) in [5, 5.41) is 2.70. The second-order valence-corrected chi connectivity index (χ2v) is 7.15. The Kier molecular flexibility index (Phi) is 7.16. The minimum Gasteiger partial charge on any atom is -0.449 e. The van der Waals surface area contributed by atoms with Crippen molar-refractivity contribution >= 4 is 39.6 Å². The van der Waals surface area contributed by atoms with Gasteiger partial charge in [0, 0.05) is 16.2 Å². The standard InChI is InChI=1S/C21H22BrNO3/c1-14(2)17-7-4-16(5-8-17)6-13-20(24)26-15(3)21(25)23-19-11-9-18(22)10-12-19/h4-15H,1-3H3,(H,23,25)/b13-6+. The maximum absolute atomic E-state index is 12.1. The van der Waals surface area contributed by atoms with E-state index in [0.29, 0.717) is 11.6 Å². The number of halogens is 1. The molecule has 0 aliphatic rings. The van der Waals surface area contributed by atoms with Crippen LogP contribution in [0.15, 0.2) is 59.1 Å². The molecule has 1 amide bonds. The Hall–Kier alpha value is -2.40. The number of hydrogen-bond donors (Lipinski definition) is 1. The normalized spacial score (nSPS) is 12.2. The summed E-state index contributed by atoms with van der Waals surface area (Å²) < 4.78 is 6.06. The van der Waals surface area contributed by atoms with Crippen molar-refractivity contribution in [2.75, 3.05) is 5.32 Å². The monoisotopic (exact) mass is 415 g/mol. The first-order valence-corrected chi connectivity index (χ1v) is 9.19. The van der Waals surface area contributed by atoms with Crippen molar-refractivity contribution in [3.8, 4) is 0 Å². The lowest BCUT2D eigenvalue weighted by molar-refractivity contribution is -0.148. The first-order chi connectivity index (χ1) is 12.3. The molecule has 2 rings (SSSR count). The van der Waals surface area contributed by atoms with Crippen molar-refractivity contribution in [1.29, 1.82) is 0 Å². The second-order valence-electron chi connectivity index (χ2n) is 6.23. The van der Waals surface area contributed by atoms with E-state index in [-0.39, 0.29) is 5.91 Å². The lowest BCUT2D eigenvalue weighted by Gasteiger charge is -2.12. The quantitative estimate of drug-likeness (QED) is 0.523. The Morgan fingerprint density at radius 3 is 2.19 bits per heavy atom. The first kappa shape index (κ1) is 19.9. The SMILES string of the molecule is CC(OC(=O)/C=C/c1ccc(C(C)C)cc1)C(=O)Nc1ccc(Br)cc1. The van der Waals surface area contributed by atoms with Gasteiger partial charge < -0.3 is 10.1 Å². The molecule has 2 aromatic carbocycles. The molecule has 2 aromatic rings. The van der Waals surface area contributed by atoms with Crippen LogP contribution in [0.4, 0.5) is 5.69 Å². The third-order valence-electron chi connectivity index (χ3n) is 3.79. The minimum atomic E-state index is -0.890. The minimum absolute atomic E-state index is 0.379. The van der Waals surface area contributed by atoms with Gasteiger partial charge in [0.05, 0.1) is 0 Å². The molecule has 4 nitrogen and oxygen atoms in total. The molecule has 0 saturated heterocycles. The van der Waals surface area contributed by atoms with E-state index in [2.05, 4.69) is 35.1 Å². The van der Waals surface area contributed by atoms with E-state index >= 15 is 0 Å². The molecule has 0 spiro atoms. The fraction of sp³-hybridized carbons (Fsp3) is 0.238. The van der Waals surface area contributed by atoms with E-state index in [4.69, 9.17) is 4.74 Å². The molecule has 1 atom stereocenters. The summed E-state index contributed by atoms with van der Waals surface area (Å²) >= 11 is 3.33. The summed E-state index contributed by atoms with van der Waals surface area (Å²) in [4.78, 5) is 24.0. The van der Waals surface area contributed by atoms with Crippen molar-refractivity contribution in [3.63, 3.8) is 0 Å². The van der Waals surface area contributed by atoms with Gasteiger partial charge in [0.15, 0.2) is 6.10 Å². The topological polar surface area (TPSA) is 55.4 Å². The van der Waals surface area contributed by atoms with Crippen molar-refractivity contribution < 1.29 is 14.3 Å². The zero-order valence-corrected chi connectivity index (χ0v) is 16.6. The van der Waals surface area contributed by atoms with E-state index in [1.165, 1.54) is 18.6 Å². The van der Waals surface area contributed by atoms with Crippen LogP contribution < -0.4 is 5.32 Å². The molecule has 0 aromatic heterocycles. The smallest absolute Gasteiger partial charge is 0.331 e. The number of ether oxygens (including phenoxy) is 1. The van der Waals surface area contributed by atoms with Crippen LogP contribution in [-0.2, 0) is 14.3 Å². The molecule has 0 bridgehead atoms. The third kappa shape index (κ3) is 6.15. The van der Waals surface area contributed by atoms with Crippen molar-refractivity contribution in [1.82, 2.24) is 0 Å². The maximum Gasteiger partial charge on any atom is 0.331 e. The molecule has 1 N–H and O–H groups in total. The van der Waals surface area contributed by atoms with Gasteiger partial charge in [-0.15, -0.1) is 0 Å². The number of hydrogen-bond acceptors (Lipinski definition) is 3. The number of carbonyl (C=O) groups is 2. The summed E-state index contributed by atoms with van der Waals surface area (Å²) in [5.74, 6) is -0.477. The van der Waals surface area contributed by atoms with Crippen LogP contribution in [0.2, 0.25) is 0 Å². The van der Waals surface area contributed by atoms with Gasteiger partial charge in [-0.2, -0.15) is 0 Å². The number of nitrogens with one attached hydrogen (secondary N) is 1. The number of benzene rings is 2. The van der Waals surface area contributed by atoms with Gasteiger partial charge in [0.1, 0.15) is 0 Å². The highest BCUT2D eigenvalue weighted by Crippen LogP contribution is 2.16. The van der Waals surface area contributed by atoms with E-state index in [1.54, 1.807) is 18.2 Å². The molecule has 0 heterocycles. The van der Waals surface area contributed by atoms with Gasteiger partial charge >= 0.3 is 5.97 Å². The van der Waals surface area contributed by atoms with E-state index < -0.39 is 12.1 Å². The lowest BCUT2D eigenvalue weighted by Crippen LogP contribution is -2.29. The molecule has 1 unspecified atom stereocenters. The Bertz CT molecular complexity index is 780. The molecule has 136 valence electrons. The molecule has 5 heteroatoms. The van der Waals surface area contributed by atoms with Crippen LogP contribution in [0.1, 0.15) is 37.8 Å². The van der Waals surface area contributed by atoms with Gasteiger partial charge in [-0.1, -0.05) is 54.0 Å². The largest absolute Gasteiger partial charge is 0.449 e. The molecule has 0 aliphatic carbocycles. The highest BCUT2D eigenvalue weighted by Gasteiger charge is 2.16. The number of anilines is 1. The van der Waals surface area contributed by atoms with Crippen molar-refractivity contribution in [2.45, 2.75) is 32.8 Å². The summed E-state index contributed by atoms with van der Waals surface area (Å²) in [6, 6.07) is 15.1. The van der Waals surface area contributed by atoms with Gasteiger partial charge in [0.2, 0.25) is 0 Å². The van der Waals surface area contributed by atoms with E-state index in [0.717, 1.165) is 10.0 Å². The van der Waals surface area contributed by atoms with E-state index in [9.17, 15) is 9.59 Å². The Morgan fingerprint density at radius 2 is 1.62 bits per heavy atom. The predicted molar refractivity (Wildman–Crippen MR) is 108 cm³/mol. The average Bonchev–Trinajstić information content (AvgIpc) is 2.62.